The van der Waals surface area contributed by atoms with Crippen molar-refractivity contribution >= 4 is 10.0 Å². The van der Waals surface area contributed by atoms with Crippen LogP contribution in [0.2, 0.25) is 0 Å². The predicted octanol–water partition coefficient (Wildman–Crippen LogP) is 1.64. The Labute approximate surface area is 138 Å². The fourth-order valence-electron chi connectivity index (χ4n) is 3.99. The van der Waals surface area contributed by atoms with E-state index in [0.29, 0.717) is 30.8 Å². The first-order valence-electron chi connectivity index (χ1n) is 8.87. The van der Waals surface area contributed by atoms with Crippen LogP contribution in [0.3, 0.4) is 0 Å². The number of aromatic nitrogens is 2. The van der Waals surface area contributed by atoms with Gasteiger partial charge in [-0.15, -0.1) is 0 Å². The molecule has 23 heavy (non-hydrogen) atoms. The molecule has 0 atom stereocenters. The first kappa shape index (κ1) is 15.6. The molecule has 4 rings (SSSR count). The molecule has 1 N–H and O–H groups in total. The number of rotatable bonds is 5. The number of hydrogen-bond donors (Lipinski definition) is 1. The molecular weight excluding hydrogens is 312 g/mol. The molecular formula is C16H26N4O2S. The van der Waals surface area contributed by atoms with Gasteiger partial charge in [0.15, 0.2) is 0 Å². The van der Waals surface area contributed by atoms with Crippen molar-refractivity contribution in [2.24, 2.45) is 5.92 Å². The molecule has 6 nitrogen and oxygen atoms in total. The van der Waals surface area contributed by atoms with Crippen LogP contribution in [0.5, 0.6) is 0 Å². The largest absolute Gasteiger partial charge is 0.307 e. The first-order valence-corrected chi connectivity index (χ1v) is 10.5. The van der Waals surface area contributed by atoms with Crippen LogP contribution in [0.15, 0.2) is 6.20 Å². The molecule has 128 valence electrons. The highest BCUT2D eigenvalue weighted by molar-refractivity contribution is 7.89. The molecule has 1 aliphatic carbocycles. The summed E-state index contributed by atoms with van der Waals surface area (Å²) in [5, 5.41) is 7.89. The smallest absolute Gasteiger partial charge is 0.214 e. The topological polar surface area (TPSA) is 67.2 Å². The van der Waals surface area contributed by atoms with E-state index in [1.807, 2.05) is 6.20 Å². The summed E-state index contributed by atoms with van der Waals surface area (Å²) in [5.41, 5.74) is 2.58. The van der Waals surface area contributed by atoms with Crippen molar-refractivity contribution in [3.05, 3.63) is 17.5 Å². The fourth-order valence-corrected chi connectivity index (χ4v) is 5.64. The van der Waals surface area contributed by atoms with Gasteiger partial charge in [0.05, 0.1) is 23.7 Å². The van der Waals surface area contributed by atoms with Gasteiger partial charge in [-0.25, -0.2) is 12.7 Å². The molecule has 0 radical (unpaired) electrons. The van der Waals surface area contributed by atoms with E-state index in [4.69, 9.17) is 0 Å². The van der Waals surface area contributed by atoms with Crippen molar-refractivity contribution in [2.75, 3.05) is 18.8 Å². The number of nitrogens with zero attached hydrogens (tertiary/aromatic N) is 3. The van der Waals surface area contributed by atoms with Gasteiger partial charge in [-0.05, 0) is 25.2 Å². The SMILES string of the molecule is O=S(=O)(CCC1CCC1)N1CCC(n2ncc3c2CNC3)CC1. The molecule has 1 aromatic rings. The zero-order chi connectivity index (χ0) is 15.9. The Morgan fingerprint density at radius 1 is 1.17 bits per heavy atom. The van der Waals surface area contributed by atoms with E-state index in [0.717, 1.165) is 32.4 Å². The van der Waals surface area contributed by atoms with Gasteiger partial charge in [-0.2, -0.15) is 5.10 Å². The van der Waals surface area contributed by atoms with Gasteiger partial charge >= 0.3 is 0 Å². The molecule has 0 amide bonds. The standard InChI is InChI=1S/C16H26N4O2S/c21-23(22,9-6-13-2-1-3-13)19-7-4-15(5-8-19)20-16-12-17-10-14(16)11-18-20/h11,13,15,17H,1-10,12H2. The predicted molar refractivity (Wildman–Crippen MR) is 88.4 cm³/mol. The van der Waals surface area contributed by atoms with Crippen molar-refractivity contribution in [1.82, 2.24) is 19.4 Å². The number of hydrogen-bond acceptors (Lipinski definition) is 4. The van der Waals surface area contributed by atoms with E-state index in [1.54, 1.807) is 4.31 Å². The third kappa shape index (κ3) is 3.06. The Balaban J connectivity index is 1.34. The third-order valence-corrected chi connectivity index (χ3v) is 7.67. The van der Waals surface area contributed by atoms with E-state index in [2.05, 4.69) is 15.1 Å². The zero-order valence-electron chi connectivity index (χ0n) is 13.6. The minimum Gasteiger partial charge on any atom is -0.307 e. The molecule has 0 bridgehead atoms. The maximum atomic E-state index is 12.5. The monoisotopic (exact) mass is 338 g/mol. The molecule has 1 saturated carbocycles. The second-order valence-corrected chi connectivity index (χ2v) is 9.28. The molecule has 3 heterocycles. The summed E-state index contributed by atoms with van der Waals surface area (Å²) in [6.45, 7) is 3.07. The number of piperidine rings is 1. The number of sulfonamides is 1. The van der Waals surface area contributed by atoms with E-state index in [1.165, 1.54) is 30.5 Å². The van der Waals surface area contributed by atoms with E-state index < -0.39 is 10.0 Å². The minimum atomic E-state index is -3.07. The van der Waals surface area contributed by atoms with Gasteiger partial charge in [0.2, 0.25) is 10.0 Å². The van der Waals surface area contributed by atoms with Crippen LogP contribution >= 0.6 is 0 Å². The molecule has 0 aromatic carbocycles. The highest BCUT2D eigenvalue weighted by atomic mass is 32.2. The average molecular weight is 338 g/mol. The van der Waals surface area contributed by atoms with Crippen LogP contribution in [0, 0.1) is 5.92 Å². The van der Waals surface area contributed by atoms with E-state index in [-0.39, 0.29) is 0 Å². The number of nitrogens with one attached hydrogen (secondary N) is 1. The summed E-state index contributed by atoms with van der Waals surface area (Å²) in [7, 11) is -3.07. The van der Waals surface area contributed by atoms with Crippen LogP contribution in [0.25, 0.3) is 0 Å². The summed E-state index contributed by atoms with van der Waals surface area (Å²) < 4.78 is 28.9. The Morgan fingerprint density at radius 3 is 2.65 bits per heavy atom. The van der Waals surface area contributed by atoms with Crippen LogP contribution in [-0.4, -0.2) is 41.3 Å². The minimum absolute atomic E-state index is 0.337. The average Bonchev–Trinajstić information content (AvgIpc) is 3.08. The highest BCUT2D eigenvalue weighted by Gasteiger charge is 2.31. The number of fused-ring (bicyclic) bond motifs is 1. The van der Waals surface area contributed by atoms with E-state index >= 15 is 0 Å². The van der Waals surface area contributed by atoms with Crippen molar-refractivity contribution in [3.8, 4) is 0 Å². The van der Waals surface area contributed by atoms with E-state index in [9.17, 15) is 8.42 Å². The first-order chi connectivity index (χ1) is 11.1. The summed E-state index contributed by atoms with van der Waals surface area (Å²) in [5.74, 6) is 0.991. The molecule has 0 unspecified atom stereocenters. The van der Waals surface area contributed by atoms with Gasteiger partial charge in [0.25, 0.3) is 0 Å². The summed E-state index contributed by atoms with van der Waals surface area (Å²) in [6, 6.07) is 0.344. The second-order valence-electron chi connectivity index (χ2n) is 7.20. The maximum Gasteiger partial charge on any atom is 0.214 e. The van der Waals surface area contributed by atoms with Crippen LogP contribution in [0.4, 0.5) is 0 Å². The lowest BCUT2D eigenvalue weighted by Gasteiger charge is -2.33. The van der Waals surface area contributed by atoms with Crippen molar-refractivity contribution in [3.63, 3.8) is 0 Å². The van der Waals surface area contributed by atoms with Crippen molar-refractivity contribution in [2.45, 2.75) is 57.7 Å². The lowest BCUT2D eigenvalue weighted by Crippen LogP contribution is -2.41. The fraction of sp³-hybridized carbons (Fsp3) is 0.812. The molecule has 0 spiro atoms. The normalized spacial score (nSPS) is 23.8. The van der Waals surface area contributed by atoms with Crippen molar-refractivity contribution < 1.29 is 8.42 Å². The molecule has 2 aliphatic heterocycles. The molecule has 7 heteroatoms. The molecule has 1 aromatic heterocycles. The van der Waals surface area contributed by atoms with Gasteiger partial charge in [0.1, 0.15) is 0 Å². The lowest BCUT2D eigenvalue weighted by atomic mass is 9.84. The highest BCUT2D eigenvalue weighted by Crippen LogP contribution is 2.31. The maximum absolute atomic E-state index is 12.5. The van der Waals surface area contributed by atoms with Gasteiger partial charge in [-0.3, -0.25) is 4.68 Å². The zero-order valence-corrected chi connectivity index (χ0v) is 14.4. The summed E-state index contributed by atoms with van der Waals surface area (Å²) in [4.78, 5) is 0. The Hall–Kier alpha value is -0.920. The molecule has 3 aliphatic rings. The van der Waals surface area contributed by atoms with Gasteiger partial charge < -0.3 is 5.32 Å². The summed E-state index contributed by atoms with van der Waals surface area (Å²) in [6.07, 6.45) is 8.26. The summed E-state index contributed by atoms with van der Waals surface area (Å²) >= 11 is 0. The second kappa shape index (κ2) is 6.18. The van der Waals surface area contributed by atoms with Gasteiger partial charge in [-0.1, -0.05) is 19.3 Å². The Bertz CT molecular complexity index is 658. The van der Waals surface area contributed by atoms with Gasteiger partial charge in [0, 0.05) is 31.7 Å². The Kier molecular flexibility index (Phi) is 4.19. The van der Waals surface area contributed by atoms with Crippen LogP contribution < -0.4 is 5.32 Å². The van der Waals surface area contributed by atoms with Crippen LogP contribution in [-0.2, 0) is 23.1 Å². The third-order valence-electron chi connectivity index (χ3n) is 5.76. The van der Waals surface area contributed by atoms with Crippen molar-refractivity contribution in [1.29, 1.82) is 0 Å². The lowest BCUT2D eigenvalue weighted by molar-refractivity contribution is 0.254. The Morgan fingerprint density at radius 2 is 1.96 bits per heavy atom. The quantitative estimate of drug-likeness (QED) is 0.886. The van der Waals surface area contributed by atoms with Crippen LogP contribution in [0.1, 0.15) is 55.8 Å². The molecule has 2 fully saturated rings. The molecule has 1 saturated heterocycles.